The van der Waals surface area contributed by atoms with Crippen molar-refractivity contribution in [3.63, 3.8) is 0 Å². The standard InChI is InChI=1S/C17H23F2N3O2S/c1-2-20-15(23)12-21-8-3-9-22(11-10-21)16(24)13-4-6-14(7-5-13)25-17(18)19/h4-7,17H,2-3,8-12H2,1H3,(H,20,23). The quantitative estimate of drug-likeness (QED) is 0.780. The molecule has 1 saturated heterocycles. The molecule has 0 spiro atoms. The Bertz CT molecular complexity index is 584. The van der Waals surface area contributed by atoms with Gasteiger partial charge in [0.1, 0.15) is 0 Å². The molecule has 138 valence electrons. The second-order valence-corrected chi connectivity index (χ2v) is 6.84. The summed E-state index contributed by atoms with van der Waals surface area (Å²) in [6, 6.07) is 6.27. The van der Waals surface area contributed by atoms with E-state index in [1.54, 1.807) is 29.2 Å². The predicted octanol–water partition coefficient (Wildman–Crippen LogP) is 2.29. The number of thioether (sulfide) groups is 1. The van der Waals surface area contributed by atoms with Gasteiger partial charge in [0, 0.05) is 43.2 Å². The summed E-state index contributed by atoms with van der Waals surface area (Å²) in [5.41, 5.74) is 0.496. The Kier molecular flexibility index (Phi) is 7.64. The highest BCUT2D eigenvalue weighted by molar-refractivity contribution is 7.99. The first-order chi connectivity index (χ1) is 12.0. The van der Waals surface area contributed by atoms with Gasteiger partial charge in [-0.15, -0.1) is 0 Å². The number of benzene rings is 1. The maximum absolute atomic E-state index is 12.6. The number of amides is 2. The molecule has 2 rings (SSSR count). The van der Waals surface area contributed by atoms with E-state index in [0.29, 0.717) is 54.9 Å². The van der Waals surface area contributed by atoms with Crippen LogP contribution in [0.3, 0.4) is 0 Å². The average molecular weight is 371 g/mol. The van der Waals surface area contributed by atoms with Gasteiger partial charge in [-0.05, 0) is 37.6 Å². The summed E-state index contributed by atoms with van der Waals surface area (Å²) in [5.74, 6) is -2.58. The van der Waals surface area contributed by atoms with Crippen molar-refractivity contribution in [1.82, 2.24) is 15.1 Å². The zero-order chi connectivity index (χ0) is 18.2. The summed E-state index contributed by atoms with van der Waals surface area (Å²) < 4.78 is 24.7. The third-order valence-electron chi connectivity index (χ3n) is 3.94. The number of alkyl halides is 2. The van der Waals surface area contributed by atoms with E-state index in [1.165, 1.54) is 0 Å². The maximum atomic E-state index is 12.6. The van der Waals surface area contributed by atoms with Gasteiger partial charge in [-0.1, -0.05) is 11.8 Å². The van der Waals surface area contributed by atoms with Crippen LogP contribution >= 0.6 is 11.8 Å². The molecular weight excluding hydrogens is 348 g/mol. The largest absolute Gasteiger partial charge is 0.355 e. The second-order valence-electron chi connectivity index (χ2n) is 5.78. The lowest BCUT2D eigenvalue weighted by atomic mass is 10.2. The SMILES string of the molecule is CCNC(=O)CN1CCCN(C(=O)c2ccc(SC(F)F)cc2)CC1. The first-order valence-corrected chi connectivity index (χ1v) is 9.20. The molecule has 1 heterocycles. The highest BCUT2D eigenvalue weighted by Crippen LogP contribution is 2.25. The van der Waals surface area contributed by atoms with Gasteiger partial charge in [0.25, 0.3) is 11.7 Å². The van der Waals surface area contributed by atoms with E-state index in [-0.39, 0.29) is 11.8 Å². The molecule has 1 N–H and O–H groups in total. The van der Waals surface area contributed by atoms with Gasteiger partial charge < -0.3 is 10.2 Å². The predicted molar refractivity (Wildman–Crippen MR) is 93.9 cm³/mol. The van der Waals surface area contributed by atoms with Crippen LogP contribution in [-0.4, -0.2) is 66.6 Å². The number of rotatable bonds is 6. The van der Waals surface area contributed by atoms with Gasteiger partial charge in [-0.3, -0.25) is 14.5 Å². The fraction of sp³-hybridized carbons (Fsp3) is 0.529. The molecule has 25 heavy (non-hydrogen) atoms. The van der Waals surface area contributed by atoms with E-state index in [0.717, 1.165) is 13.0 Å². The van der Waals surface area contributed by atoms with Crippen LogP contribution in [0.15, 0.2) is 29.2 Å². The molecular formula is C17H23F2N3O2S. The molecule has 0 bridgehead atoms. The van der Waals surface area contributed by atoms with Crippen molar-refractivity contribution in [3.05, 3.63) is 29.8 Å². The van der Waals surface area contributed by atoms with Gasteiger partial charge in [-0.25, -0.2) is 0 Å². The zero-order valence-electron chi connectivity index (χ0n) is 14.2. The lowest BCUT2D eigenvalue weighted by molar-refractivity contribution is -0.122. The van der Waals surface area contributed by atoms with Crippen molar-refractivity contribution in [3.8, 4) is 0 Å². The third-order valence-corrected chi connectivity index (χ3v) is 4.67. The van der Waals surface area contributed by atoms with Crippen molar-refractivity contribution in [2.45, 2.75) is 24.0 Å². The van der Waals surface area contributed by atoms with E-state index < -0.39 is 5.76 Å². The van der Waals surface area contributed by atoms with E-state index in [1.807, 2.05) is 11.8 Å². The van der Waals surface area contributed by atoms with Crippen molar-refractivity contribution in [1.29, 1.82) is 0 Å². The number of hydrogen-bond acceptors (Lipinski definition) is 4. The minimum Gasteiger partial charge on any atom is -0.355 e. The van der Waals surface area contributed by atoms with Crippen LogP contribution in [0.2, 0.25) is 0 Å². The van der Waals surface area contributed by atoms with E-state index in [4.69, 9.17) is 0 Å². The van der Waals surface area contributed by atoms with Crippen LogP contribution in [0.5, 0.6) is 0 Å². The summed E-state index contributed by atoms with van der Waals surface area (Å²) >= 11 is 0.465. The molecule has 0 saturated carbocycles. The zero-order valence-corrected chi connectivity index (χ0v) is 15.0. The first-order valence-electron chi connectivity index (χ1n) is 8.32. The minimum atomic E-state index is -2.47. The van der Waals surface area contributed by atoms with Gasteiger partial charge >= 0.3 is 0 Å². The minimum absolute atomic E-state index is 0.00519. The Labute approximate surface area is 150 Å². The van der Waals surface area contributed by atoms with Crippen molar-refractivity contribution in [2.24, 2.45) is 0 Å². The normalized spacial score (nSPS) is 15.9. The second kappa shape index (κ2) is 9.72. The molecule has 1 fully saturated rings. The first kappa shape index (κ1) is 19.7. The Balaban J connectivity index is 1.90. The molecule has 0 aromatic heterocycles. The lowest BCUT2D eigenvalue weighted by Gasteiger charge is -2.22. The summed E-state index contributed by atoms with van der Waals surface area (Å²) in [6.07, 6.45) is 0.796. The fourth-order valence-electron chi connectivity index (χ4n) is 2.75. The summed E-state index contributed by atoms with van der Waals surface area (Å²) in [7, 11) is 0. The summed E-state index contributed by atoms with van der Waals surface area (Å²) in [4.78, 5) is 28.5. The van der Waals surface area contributed by atoms with Crippen molar-refractivity contribution < 1.29 is 18.4 Å². The highest BCUT2D eigenvalue weighted by Gasteiger charge is 2.21. The monoisotopic (exact) mass is 371 g/mol. The fourth-order valence-corrected chi connectivity index (χ4v) is 3.25. The number of nitrogens with zero attached hydrogens (tertiary/aromatic N) is 2. The van der Waals surface area contributed by atoms with Crippen LogP contribution in [-0.2, 0) is 4.79 Å². The smallest absolute Gasteiger partial charge is 0.288 e. The number of nitrogens with one attached hydrogen (secondary N) is 1. The molecule has 1 aliphatic heterocycles. The number of likely N-dealkylation sites (N-methyl/N-ethyl adjacent to an activating group) is 1. The van der Waals surface area contributed by atoms with Crippen molar-refractivity contribution in [2.75, 3.05) is 39.3 Å². The summed E-state index contributed by atoms with van der Waals surface area (Å²) in [6.45, 7) is 5.41. The van der Waals surface area contributed by atoms with E-state index in [9.17, 15) is 18.4 Å². The number of hydrogen-bond donors (Lipinski definition) is 1. The molecule has 1 aromatic rings. The number of carbonyl (C=O) groups excluding carboxylic acids is 2. The lowest BCUT2D eigenvalue weighted by Crippen LogP contribution is -2.40. The molecule has 2 amide bonds. The van der Waals surface area contributed by atoms with Gasteiger partial charge in [-0.2, -0.15) is 8.78 Å². The Hall–Kier alpha value is -1.67. The number of halogens is 2. The molecule has 0 atom stereocenters. The molecule has 0 unspecified atom stereocenters. The topological polar surface area (TPSA) is 52.7 Å². The van der Waals surface area contributed by atoms with Crippen LogP contribution in [0.1, 0.15) is 23.7 Å². The molecule has 5 nitrogen and oxygen atoms in total. The van der Waals surface area contributed by atoms with Crippen LogP contribution in [0, 0.1) is 0 Å². The Morgan fingerprint density at radius 3 is 2.52 bits per heavy atom. The maximum Gasteiger partial charge on any atom is 0.288 e. The van der Waals surface area contributed by atoms with Crippen LogP contribution in [0.25, 0.3) is 0 Å². The molecule has 8 heteroatoms. The van der Waals surface area contributed by atoms with Crippen LogP contribution in [0.4, 0.5) is 8.78 Å². The van der Waals surface area contributed by atoms with Gasteiger partial charge in [0.05, 0.1) is 6.54 Å². The molecule has 0 aliphatic carbocycles. The van der Waals surface area contributed by atoms with E-state index >= 15 is 0 Å². The Morgan fingerprint density at radius 1 is 1.16 bits per heavy atom. The molecule has 0 radical (unpaired) electrons. The van der Waals surface area contributed by atoms with Crippen LogP contribution < -0.4 is 5.32 Å². The van der Waals surface area contributed by atoms with E-state index in [2.05, 4.69) is 5.32 Å². The van der Waals surface area contributed by atoms with Crippen molar-refractivity contribution >= 4 is 23.6 Å². The highest BCUT2D eigenvalue weighted by atomic mass is 32.2. The average Bonchev–Trinajstić information content (AvgIpc) is 2.80. The van der Waals surface area contributed by atoms with Gasteiger partial charge in [0.2, 0.25) is 5.91 Å². The molecule has 1 aliphatic rings. The number of carbonyl (C=O) groups is 2. The summed E-state index contributed by atoms with van der Waals surface area (Å²) in [5, 5.41) is 2.78. The Morgan fingerprint density at radius 2 is 1.88 bits per heavy atom. The molecule has 1 aromatic carbocycles. The van der Waals surface area contributed by atoms with Gasteiger partial charge in [0.15, 0.2) is 0 Å². The third kappa shape index (κ3) is 6.28.